The van der Waals surface area contributed by atoms with Crippen molar-refractivity contribution in [1.29, 1.82) is 0 Å². The Morgan fingerprint density at radius 1 is 1.11 bits per heavy atom. The quantitative estimate of drug-likeness (QED) is 0.805. The number of carbonyl (C=O) groups is 2. The Bertz CT molecular complexity index is 830. The molecule has 0 bridgehead atoms. The van der Waals surface area contributed by atoms with E-state index in [9.17, 15) is 18.0 Å². The number of aryl methyl sites for hydroxylation is 1. The minimum atomic E-state index is -3.55. The van der Waals surface area contributed by atoms with Gasteiger partial charge in [-0.1, -0.05) is 17.7 Å². The number of benzene rings is 1. The van der Waals surface area contributed by atoms with Gasteiger partial charge in [0.05, 0.1) is 10.9 Å². The summed E-state index contributed by atoms with van der Waals surface area (Å²) in [5.74, 6) is 0.0503. The van der Waals surface area contributed by atoms with Crippen LogP contribution in [0.1, 0.15) is 25.8 Å². The zero-order valence-corrected chi connectivity index (χ0v) is 17.4. The Labute approximate surface area is 166 Å². The molecule has 28 heavy (non-hydrogen) atoms. The summed E-state index contributed by atoms with van der Waals surface area (Å²) in [6.45, 7) is 7.50. The topological polar surface area (TPSA) is 90.0 Å². The highest BCUT2D eigenvalue weighted by molar-refractivity contribution is 7.89. The lowest BCUT2D eigenvalue weighted by Crippen LogP contribution is -2.54. The summed E-state index contributed by atoms with van der Waals surface area (Å²) in [4.78, 5) is 28.1. The molecule has 1 unspecified atom stereocenters. The molecule has 3 amide bonds. The van der Waals surface area contributed by atoms with Gasteiger partial charge in [0.15, 0.2) is 0 Å². The van der Waals surface area contributed by atoms with Crippen LogP contribution in [0, 0.1) is 6.92 Å². The van der Waals surface area contributed by atoms with Crippen molar-refractivity contribution in [2.45, 2.75) is 44.2 Å². The maximum absolute atomic E-state index is 12.8. The number of rotatable bonds is 4. The largest absolute Gasteiger partial charge is 0.338 e. The molecule has 2 aliphatic rings. The highest BCUT2D eigenvalue weighted by atomic mass is 32.2. The Balaban J connectivity index is 1.54. The first kappa shape index (κ1) is 20.6. The van der Waals surface area contributed by atoms with Gasteiger partial charge in [0, 0.05) is 45.2 Å². The van der Waals surface area contributed by atoms with Gasteiger partial charge >= 0.3 is 6.03 Å². The van der Waals surface area contributed by atoms with Crippen molar-refractivity contribution in [2.75, 3.05) is 32.7 Å². The van der Waals surface area contributed by atoms with E-state index in [1.165, 1.54) is 4.31 Å². The minimum absolute atomic E-state index is 0.0503. The number of nitrogens with zero attached hydrogens (tertiary/aromatic N) is 3. The molecule has 1 atom stereocenters. The van der Waals surface area contributed by atoms with Crippen molar-refractivity contribution in [1.82, 2.24) is 19.4 Å². The van der Waals surface area contributed by atoms with Crippen molar-refractivity contribution in [3.05, 3.63) is 29.8 Å². The molecule has 2 heterocycles. The van der Waals surface area contributed by atoms with Crippen molar-refractivity contribution in [3.8, 4) is 0 Å². The predicted octanol–water partition coefficient (Wildman–Crippen LogP) is 1.02. The smallest absolute Gasteiger partial charge is 0.317 e. The molecular weight excluding hydrogens is 380 g/mol. The summed E-state index contributed by atoms with van der Waals surface area (Å²) >= 11 is 0. The van der Waals surface area contributed by atoms with E-state index in [-0.39, 0.29) is 42.0 Å². The van der Waals surface area contributed by atoms with Gasteiger partial charge in [0.25, 0.3) is 0 Å². The first-order valence-corrected chi connectivity index (χ1v) is 11.0. The molecule has 1 aromatic carbocycles. The molecule has 0 spiro atoms. The van der Waals surface area contributed by atoms with Crippen LogP contribution in [0.3, 0.4) is 0 Å². The van der Waals surface area contributed by atoms with Crippen LogP contribution in [0.2, 0.25) is 0 Å². The normalized spacial score (nSPS) is 21.4. The van der Waals surface area contributed by atoms with Crippen molar-refractivity contribution < 1.29 is 18.0 Å². The van der Waals surface area contributed by atoms with Crippen molar-refractivity contribution in [3.63, 3.8) is 0 Å². The van der Waals surface area contributed by atoms with E-state index in [2.05, 4.69) is 5.32 Å². The molecular formula is C19H28N4O4S. The number of piperazine rings is 1. The average Bonchev–Trinajstić information content (AvgIpc) is 3.02. The third-order valence-electron chi connectivity index (χ3n) is 5.29. The number of urea groups is 1. The van der Waals surface area contributed by atoms with Crippen LogP contribution >= 0.6 is 0 Å². The molecule has 2 fully saturated rings. The summed E-state index contributed by atoms with van der Waals surface area (Å²) in [6, 6.07) is 6.46. The maximum atomic E-state index is 12.8. The Morgan fingerprint density at radius 2 is 1.71 bits per heavy atom. The zero-order chi connectivity index (χ0) is 20.5. The van der Waals surface area contributed by atoms with Crippen LogP contribution in [0.15, 0.2) is 29.2 Å². The van der Waals surface area contributed by atoms with Gasteiger partial charge in [0.1, 0.15) is 0 Å². The number of nitrogens with one attached hydrogen (secondary N) is 1. The molecule has 3 rings (SSSR count). The van der Waals surface area contributed by atoms with E-state index in [0.717, 1.165) is 5.56 Å². The lowest BCUT2D eigenvalue weighted by atomic mass is 10.2. The number of carbonyl (C=O) groups excluding carboxylic acids is 2. The van der Waals surface area contributed by atoms with Crippen LogP contribution in [0.4, 0.5) is 4.79 Å². The molecule has 1 N–H and O–H groups in total. The van der Waals surface area contributed by atoms with Crippen LogP contribution in [0.25, 0.3) is 0 Å². The molecule has 154 valence electrons. The number of hydrogen-bond donors (Lipinski definition) is 1. The first-order chi connectivity index (χ1) is 13.2. The number of hydrogen-bond acceptors (Lipinski definition) is 4. The Hall–Kier alpha value is -2.13. The van der Waals surface area contributed by atoms with Crippen LogP contribution in [0.5, 0.6) is 0 Å². The number of amides is 3. The molecule has 0 aromatic heterocycles. The van der Waals surface area contributed by atoms with Crippen LogP contribution < -0.4 is 5.32 Å². The second-order valence-corrected chi connectivity index (χ2v) is 9.63. The fourth-order valence-electron chi connectivity index (χ4n) is 3.58. The highest BCUT2D eigenvalue weighted by Crippen LogP contribution is 2.19. The van der Waals surface area contributed by atoms with Gasteiger partial charge < -0.3 is 15.1 Å². The highest BCUT2D eigenvalue weighted by Gasteiger charge is 2.34. The van der Waals surface area contributed by atoms with E-state index < -0.39 is 10.0 Å². The molecule has 0 radical (unpaired) electrons. The second kappa shape index (κ2) is 8.08. The molecule has 2 saturated heterocycles. The average molecular weight is 409 g/mol. The van der Waals surface area contributed by atoms with E-state index in [1.807, 2.05) is 20.8 Å². The van der Waals surface area contributed by atoms with Gasteiger partial charge in [-0.15, -0.1) is 0 Å². The van der Waals surface area contributed by atoms with E-state index in [0.29, 0.717) is 26.1 Å². The lowest BCUT2D eigenvalue weighted by molar-refractivity contribution is -0.129. The Kier molecular flexibility index (Phi) is 5.95. The Morgan fingerprint density at radius 3 is 2.25 bits per heavy atom. The van der Waals surface area contributed by atoms with Crippen LogP contribution in [-0.4, -0.2) is 79.3 Å². The van der Waals surface area contributed by atoms with Gasteiger partial charge in [-0.25, -0.2) is 13.2 Å². The SMILES string of the molecule is Cc1ccc(S(=O)(=O)N2CCN(C(=O)NC3CC(=O)N(C(C)C)C3)CC2)cc1. The summed E-state index contributed by atoms with van der Waals surface area (Å²) in [6.07, 6.45) is 0.311. The predicted molar refractivity (Wildman–Crippen MR) is 105 cm³/mol. The van der Waals surface area contributed by atoms with E-state index in [4.69, 9.17) is 0 Å². The molecule has 0 saturated carbocycles. The van der Waals surface area contributed by atoms with Crippen molar-refractivity contribution in [2.24, 2.45) is 0 Å². The van der Waals surface area contributed by atoms with Gasteiger partial charge in [-0.05, 0) is 32.9 Å². The maximum Gasteiger partial charge on any atom is 0.317 e. The van der Waals surface area contributed by atoms with E-state index >= 15 is 0 Å². The minimum Gasteiger partial charge on any atom is -0.338 e. The van der Waals surface area contributed by atoms with Gasteiger partial charge in [-0.2, -0.15) is 4.31 Å². The molecule has 9 heteroatoms. The monoisotopic (exact) mass is 408 g/mol. The summed E-state index contributed by atoms with van der Waals surface area (Å²) in [5, 5.41) is 2.91. The number of likely N-dealkylation sites (tertiary alicyclic amines) is 1. The molecule has 1 aromatic rings. The second-order valence-electron chi connectivity index (χ2n) is 7.69. The summed E-state index contributed by atoms with van der Waals surface area (Å²) < 4.78 is 26.9. The summed E-state index contributed by atoms with van der Waals surface area (Å²) in [5.41, 5.74) is 1.00. The molecule has 0 aliphatic carbocycles. The third kappa shape index (κ3) is 4.30. The fraction of sp³-hybridized carbons (Fsp3) is 0.579. The lowest BCUT2D eigenvalue weighted by Gasteiger charge is -2.34. The third-order valence-corrected chi connectivity index (χ3v) is 7.21. The fourth-order valence-corrected chi connectivity index (χ4v) is 5.01. The van der Waals surface area contributed by atoms with Gasteiger partial charge in [0.2, 0.25) is 15.9 Å². The summed E-state index contributed by atoms with van der Waals surface area (Å²) in [7, 11) is -3.55. The van der Waals surface area contributed by atoms with E-state index in [1.54, 1.807) is 34.1 Å². The molecule has 2 aliphatic heterocycles. The van der Waals surface area contributed by atoms with Crippen molar-refractivity contribution >= 4 is 22.0 Å². The van der Waals surface area contributed by atoms with Crippen LogP contribution in [-0.2, 0) is 14.8 Å². The zero-order valence-electron chi connectivity index (χ0n) is 16.6. The molecule has 8 nitrogen and oxygen atoms in total. The number of sulfonamides is 1. The first-order valence-electron chi connectivity index (χ1n) is 9.60. The standard InChI is InChI=1S/C19H28N4O4S/c1-14(2)23-13-16(12-18(23)24)20-19(25)21-8-10-22(11-9-21)28(26,27)17-6-4-15(3)5-7-17/h4-7,14,16H,8-13H2,1-3H3,(H,20,25). The van der Waals surface area contributed by atoms with Gasteiger partial charge in [-0.3, -0.25) is 4.79 Å².